The van der Waals surface area contributed by atoms with E-state index in [-0.39, 0.29) is 5.91 Å². The number of halogens is 2. The molecule has 1 heterocycles. The lowest BCUT2D eigenvalue weighted by molar-refractivity contribution is -0.124. The molecule has 0 saturated heterocycles. The van der Waals surface area contributed by atoms with E-state index in [1.807, 2.05) is 6.07 Å². The number of fused-ring (bicyclic) bond motifs is 1. The van der Waals surface area contributed by atoms with E-state index in [0.29, 0.717) is 34.6 Å². The van der Waals surface area contributed by atoms with Gasteiger partial charge in [-0.1, -0.05) is 23.2 Å². The summed E-state index contributed by atoms with van der Waals surface area (Å²) in [5, 5.41) is 0.868. The molecule has 2 aromatic rings. The Morgan fingerprint density at radius 3 is 2.84 bits per heavy atom. The number of aliphatic imine (C=N–C) groups is 1. The third kappa shape index (κ3) is 3.89. The Hall–Kier alpha value is -2.24. The number of amides is 1. The topological polar surface area (TPSA) is 67.9 Å². The predicted molar refractivity (Wildman–Crippen MR) is 102 cm³/mol. The van der Waals surface area contributed by atoms with Gasteiger partial charge in [0.2, 0.25) is 0 Å². The molecule has 2 aromatic carbocycles. The van der Waals surface area contributed by atoms with Gasteiger partial charge in [-0.15, -0.1) is 0 Å². The Kier molecular flexibility index (Phi) is 5.16. The van der Waals surface area contributed by atoms with Crippen LogP contribution in [-0.2, 0) is 4.79 Å². The number of ether oxygens (including phenoxy) is 1. The summed E-state index contributed by atoms with van der Waals surface area (Å²) in [5.74, 6) is 0.234. The van der Waals surface area contributed by atoms with Crippen LogP contribution in [0.1, 0.15) is 12.5 Å². The molecule has 0 bridgehead atoms. The Bertz CT molecular complexity index is 839. The minimum Gasteiger partial charge on any atom is -0.479 e. The average Bonchev–Trinajstić information content (AvgIpc) is 2.78. The van der Waals surface area contributed by atoms with Crippen molar-refractivity contribution in [1.82, 2.24) is 0 Å². The number of nitrogens with two attached hydrogens (primary N) is 1. The summed E-state index contributed by atoms with van der Waals surface area (Å²) in [7, 11) is 0. The van der Waals surface area contributed by atoms with Crippen LogP contribution in [0.3, 0.4) is 0 Å². The van der Waals surface area contributed by atoms with Crippen LogP contribution in [0.25, 0.3) is 0 Å². The number of hydrogen-bond donors (Lipinski definition) is 1. The summed E-state index contributed by atoms with van der Waals surface area (Å²) in [6, 6.07) is 10.3. The molecule has 3 rings (SSSR count). The fourth-order valence-corrected chi connectivity index (χ4v) is 3.08. The van der Waals surface area contributed by atoms with Crippen LogP contribution in [0.4, 0.5) is 11.4 Å². The lowest BCUT2D eigenvalue weighted by Gasteiger charge is -2.26. The summed E-state index contributed by atoms with van der Waals surface area (Å²) >= 11 is 12.0. The molecule has 0 unspecified atom stereocenters. The monoisotopic (exact) mass is 377 g/mol. The van der Waals surface area contributed by atoms with Crippen LogP contribution >= 0.6 is 23.2 Å². The van der Waals surface area contributed by atoms with E-state index in [9.17, 15) is 4.79 Å². The van der Waals surface area contributed by atoms with Gasteiger partial charge >= 0.3 is 0 Å². The smallest absolute Gasteiger partial charge is 0.267 e. The van der Waals surface area contributed by atoms with Gasteiger partial charge in [-0.2, -0.15) is 0 Å². The maximum atomic E-state index is 12.9. The fourth-order valence-electron chi connectivity index (χ4n) is 2.62. The van der Waals surface area contributed by atoms with Crippen molar-refractivity contribution in [2.24, 2.45) is 4.99 Å². The lowest BCUT2D eigenvalue weighted by atomic mass is 10.1. The second-order valence-corrected chi connectivity index (χ2v) is 6.52. The highest BCUT2D eigenvalue weighted by Gasteiger charge is 2.26. The van der Waals surface area contributed by atoms with Gasteiger partial charge in [-0.25, -0.2) is 0 Å². The zero-order valence-electron chi connectivity index (χ0n) is 13.6. The largest absolute Gasteiger partial charge is 0.479 e. The van der Waals surface area contributed by atoms with E-state index in [1.54, 1.807) is 48.4 Å². The van der Waals surface area contributed by atoms with Crippen molar-refractivity contribution in [1.29, 1.82) is 0 Å². The maximum absolute atomic E-state index is 12.9. The van der Waals surface area contributed by atoms with Crippen LogP contribution in [0.5, 0.6) is 5.75 Å². The number of benzodiazepines with no additional fused rings is 1. The van der Waals surface area contributed by atoms with Crippen molar-refractivity contribution in [2.75, 3.05) is 23.7 Å². The van der Waals surface area contributed by atoms with Crippen LogP contribution in [0.15, 0.2) is 41.4 Å². The Labute approximate surface area is 156 Å². The number of anilines is 2. The molecule has 1 aliphatic heterocycles. The normalized spacial score (nSPS) is 14.6. The van der Waals surface area contributed by atoms with Gasteiger partial charge in [0.25, 0.3) is 5.91 Å². The number of rotatable bonds is 3. The van der Waals surface area contributed by atoms with E-state index in [2.05, 4.69) is 4.99 Å². The van der Waals surface area contributed by atoms with Crippen LogP contribution < -0.4 is 15.4 Å². The molecular formula is C18H17Cl2N3O2. The molecule has 130 valence electrons. The molecule has 0 aromatic heterocycles. The van der Waals surface area contributed by atoms with Gasteiger partial charge in [0.05, 0.1) is 17.3 Å². The molecule has 0 aliphatic carbocycles. The van der Waals surface area contributed by atoms with E-state index < -0.39 is 6.10 Å². The van der Waals surface area contributed by atoms with Crippen LogP contribution in [0, 0.1) is 0 Å². The first kappa shape index (κ1) is 17.6. The van der Waals surface area contributed by atoms with Gasteiger partial charge in [0.1, 0.15) is 5.75 Å². The summed E-state index contributed by atoms with van der Waals surface area (Å²) in [4.78, 5) is 18.9. The number of carbonyl (C=O) groups is 1. The second kappa shape index (κ2) is 7.33. The first-order chi connectivity index (χ1) is 12.0. The zero-order chi connectivity index (χ0) is 18.0. The first-order valence-corrected chi connectivity index (χ1v) is 8.54. The Morgan fingerprint density at radius 1 is 1.28 bits per heavy atom. The molecule has 5 nitrogen and oxygen atoms in total. The van der Waals surface area contributed by atoms with Gasteiger partial charge in [0, 0.05) is 29.0 Å². The summed E-state index contributed by atoms with van der Waals surface area (Å²) in [5.41, 5.74) is 8.02. The number of nitrogens with zero attached hydrogens (tertiary/aromatic N) is 2. The van der Waals surface area contributed by atoms with Crippen LogP contribution in [-0.4, -0.2) is 31.3 Å². The van der Waals surface area contributed by atoms with Crippen molar-refractivity contribution in [3.05, 3.63) is 52.0 Å². The number of carbonyl (C=O) groups excluding carboxylic acids is 1. The highest BCUT2D eigenvalue weighted by molar-refractivity contribution is 6.35. The minimum absolute atomic E-state index is 0.178. The van der Waals surface area contributed by atoms with E-state index in [0.717, 1.165) is 11.3 Å². The predicted octanol–water partition coefficient (Wildman–Crippen LogP) is 3.81. The number of nitrogen functional groups attached to an aromatic ring is 1. The Balaban J connectivity index is 1.83. The van der Waals surface area contributed by atoms with E-state index in [1.165, 1.54) is 0 Å². The quantitative estimate of drug-likeness (QED) is 0.826. The zero-order valence-corrected chi connectivity index (χ0v) is 15.1. The standard InChI is InChI=1S/C18H17Cl2N3O2/c1-11(25-17-5-2-13(19)9-15(17)20)18(24)23-7-6-22-10-12-8-14(21)3-4-16(12)23/h2-5,8-11H,6-7,21H2,1H3/t11-/m1/s1. The average molecular weight is 378 g/mol. The molecule has 1 aliphatic rings. The number of benzene rings is 2. The lowest BCUT2D eigenvalue weighted by Crippen LogP contribution is -2.42. The van der Waals surface area contributed by atoms with E-state index >= 15 is 0 Å². The molecule has 1 atom stereocenters. The highest BCUT2D eigenvalue weighted by Crippen LogP contribution is 2.29. The summed E-state index contributed by atoms with van der Waals surface area (Å²) < 4.78 is 5.75. The first-order valence-electron chi connectivity index (χ1n) is 7.78. The molecule has 1 amide bonds. The third-order valence-corrected chi connectivity index (χ3v) is 4.37. The minimum atomic E-state index is -0.720. The van der Waals surface area contributed by atoms with Crippen molar-refractivity contribution in [3.8, 4) is 5.75 Å². The van der Waals surface area contributed by atoms with Gasteiger partial charge in [-0.3, -0.25) is 9.79 Å². The Morgan fingerprint density at radius 2 is 2.08 bits per heavy atom. The SMILES string of the molecule is C[C@@H](Oc1ccc(Cl)cc1Cl)C(=O)N1CCN=Cc2cc(N)ccc21. The molecule has 7 heteroatoms. The molecular weight excluding hydrogens is 361 g/mol. The summed E-state index contributed by atoms with van der Waals surface area (Å²) in [6.07, 6.45) is 1.02. The molecule has 25 heavy (non-hydrogen) atoms. The van der Waals surface area contributed by atoms with Crippen molar-refractivity contribution >= 4 is 46.7 Å². The fraction of sp³-hybridized carbons (Fsp3) is 0.222. The molecule has 0 fully saturated rings. The number of hydrogen-bond acceptors (Lipinski definition) is 4. The van der Waals surface area contributed by atoms with Gasteiger partial charge in [0.15, 0.2) is 6.10 Å². The molecule has 0 spiro atoms. The summed E-state index contributed by atoms with van der Waals surface area (Å²) in [6.45, 7) is 2.67. The van der Waals surface area contributed by atoms with Crippen molar-refractivity contribution in [3.63, 3.8) is 0 Å². The molecule has 2 N–H and O–H groups in total. The van der Waals surface area contributed by atoms with Crippen molar-refractivity contribution in [2.45, 2.75) is 13.0 Å². The third-order valence-electron chi connectivity index (χ3n) is 3.84. The van der Waals surface area contributed by atoms with Gasteiger partial charge < -0.3 is 15.4 Å². The maximum Gasteiger partial charge on any atom is 0.267 e. The van der Waals surface area contributed by atoms with Crippen LogP contribution in [0.2, 0.25) is 10.0 Å². The van der Waals surface area contributed by atoms with E-state index in [4.69, 9.17) is 33.7 Å². The molecule has 0 saturated carbocycles. The molecule has 0 radical (unpaired) electrons. The second-order valence-electron chi connectivity index (χ2n) is 5.68. The highest BCUT2D eigenvalue weighted by atomic mass is 35.5. The van der Waals surface area contributed by atoms with Gasteiger partial charge in [-0.05, 0) is 43.3 Å². The van der Waals surface area contributed by atoms with Crippen molar-refractivity contribution < 1.29 is 9.53 Å².